The molecule has 0 bridgehead atoms. The van der Waals surface area contributed by atoms with Crippen LogP contribution in [0.1, 0.15) is 50.7 Å². The lowest BCUT2D eigenvalue weighted by Gasteiger charge is -2.24. The fourth-order valence-corrected chi connectivity index (χ4v) is 2.83. The van der Waals surface area contributed by atoms with E-state index in [2.05, 4.69) is 56.1 Å². The molecule has 0 aromatic heterocycles. The van der Waals surface area contributed by atoms with Crippen molar-refractivity contribution >= 4 is 11.6 Å². The second kappa shape index (κ2) is 6.61. The molecule has 1 atom stereocenters. The molecule has 0 heterocycles. The lowest BCUT2D eigenvalue weighted by Crippen LogP contribution is -2.37. The minimum Gasteiger partial charge on any atom is -0.324 e. The molecule has 1 aliphatic carbocycles. The molecule has 116 valence electrons. The van der Waals surface area contributed by atoms with Gasteiger partial charge in [-0.25, -0.2) is 0 Å². The quantitative estimate of drug-likeness (QED) is 0.864. The molecular weight excluding hydrogens is 260 g/mol. The highest BCUT2D eigenvalue weighted by Crippen LogP contribution is 2.34. The summed E-state index contributed by atoms with van der Waals surface area (Å²) in [6, 6.07) is 6.71. The zero-order valence-corrected chi connectivity index (χ0v) is 13.9. The molecule has 1 aromatic carbocycles. The van der Waals surface area contributed by atoms with E-state index in [9.17, 15) is 4.79 Å². The summed E-state index contributed by atoms with van der Waals surface area (Å²) in [5.74, 6) is 1.28. The number of benzene rings is 1. The maximum Gasteiger partial charge on any atom is 0.238 e. The van der Waals surface area contributed by atoms with Crippen LogP contribution in [0.4, 0.5) is 5.69 Å². The van der Waals surface area contributed by atoms with Gasteiger partial charge in [0.1, 0.15) is 0 Å². The van der Waals surface area contributed by atoms with Gasteiger partial charge in [-0.1, -0.05) is 32.0 Å². The molecule has 0 spiro atoms. The van der Waals surface area contributed by atoms with Crippen LogP contribution in [0.25, 0.3) is 0 Å². The zero-order valence-electron chi connectivity index (χ0n) is 13.9. The maximum absolute atomic E-state index is 12.3. The molecule has 1 N–H and O–H groups in total. The van der Waals surface area contributed by atoms with Gasteiger partial charge in [0.05, 0.1) is 6.54 Å². The smallest absolute Gasteiger partial charge is 0.238 e. The molecule has 1 unspecified atom stereocenters. The van der Waals surface area contributed by atoms with Crippen LogP contribution in [-0.4, -0.2) is 30.4 Å². The lowest BCUT2D eigenvalue weighted by molar-refractivity contribution is -0.117. The summed E-state index contributed by atoms with van der Waals surface area (Å²) >= 11 is 0. The molecule has 1 saturated carbocycles. The van der Waals surface area contributed by atoms with E-state index in [1.165, 1.54) is 18.4 Å². The Hall–Kier alpha value is -1.35. The largest absolute Gasteiger partial charge is 0.324 e. The minimum atomic E-state index is 0.0844. The van der Waals surface area contributed by atoms with E-state index in [4.69, 9.17) is 0 Å². The van der Waals surface area contributed by atoms with Crippen LogP contribution < -0.4 is 5.32 Å². The summed E-state index contributed by atoms with van der Waals surface area (Å²) < 4.78 is 0. The number of rotatable bonds is 6. The van der Waals surface area contributed by atoms with Crippen LogP contribution >= 0.6 is 0 Å². The van der Waals surface area contributed by atoms with E-state index in [1.807, 2.05) is 7.05 Å². The van der Waals surface area contributed by atoms with Crippen molar-refractivity contribution in [1.82, 2.24) is 4.90 Å². The molecule has 0 saturated heterocycles. The van der Waals surface area contributed by atoms with Gasteiger partial charge in [-0.15, -0.1) is 0 Å². The number of carbonyl (C=O) groups excluding carboxylic acids is 1. The fraction of sp³-hybridized carbons (Fsp3) is 0.611. The van der Waals surface area contributed by atoms with Crippen LogP contribution in [0.2, 0.25) is 0 Å². The van der Waals surface area contributed by atoms with Gasteiger partial charge in [-0.05, 0) is 56.7 Å². The molecule has 0 radical (unpaired) electrons. The summed E-state index contributed by atoms with van der Waals surface area (Å²) in [5, 5.41) is 3.12. The van der Waals surface area contributed by atoms with E-state index in [0.29, 0.717) is 18.5 Å². The van der Waals surface area contributed by atoms with E-state index < -0.39 is 0 Å². The van der Waals surface area contributed by atoms with Crippen LogP contribution in [0, 0.1) is 12.8 Å². The number of para-hydroxylation sites is 1. The SMILES string of the molecule is Cc1cccc(C(C)C)c1NC(=O)CN(C)C(C)C1CC1. The molecule has 2 rings (SSSR count). The molecular formula is C18H28N2O. The lowest BCUT2D eigenvalue weighted by atomic mass is 9.98. The van der Waals surface area contributed by atoms with Crippen LogP contribution in [0.15, 0.2) is 18.2 Å². The maximum atomic E-state index is 12.3. The van der Waals surface area contributed by atoms with E-state index in [1.54, 1.807) is 0 Å². The average Bonchev–Trinajstić information content (AvgIpc) is 3.24. The summed E-state index contributed by atoms with van der Waals surface area (Å²) in [6.07, 6.45) is 2.62. The summed E-state index contributed by atoms with van der Waals surface area (Å²) in [7, 11) is 2.05. The van der Waals surface area contributed by atoms with Gasteiger partial charge >= 0.3 is 0 Å². The number of anilines is 1. The third-order valence-corrected chi connectivity index (χ3v) is 4.58. The predicted molar refractivity (Wildman–Crippen MR) is 88.7 cm³/mol. The fourth-order valence-electron chi connectivity index (χ4n) is 2.83. The van der Waals surface area contributed by atoms with Crippen molar-refractivity contribution in [3.63, 3.8) is 0 Å². The Balaban J connectivity index is 2.02. The molecule has 1 aromatic rings. The number of amides is 1. The number of carbonyl (C=O) groups is 1. The first-order chi connectivity index (χ1) is 9.90. The molecule has 3 nitrogen and oxygen atoms in total. The summed E-state index contributed by atoms with van der Waals surface area (Å²) in [6.45, 7) is 9.05. The second-order valence-electron chi connectivity index (χ2n) is 6.74. The highest BCUT2D eigenvalue weighted by molar-refractivity contribution is 5.93. The van der Waals surface area contributed by atoms with Crippen LogP contribution in [0.5, 0.6) is 0 Å². The van der Waals surface area contributed by atoms with E-state index >= 15 is 0 Å². The Labute approximate surface area is 128 Å². The topological polar surface area (TPSA) is 32.3 Å². The minimum absolute atomic E-state index is 0.0844. The number of hydrogen-bond acceptors (Lipinski definition) is 2. The second-order valence-corrected chi connectivity index (χ2v) is 6.74. The molecule has 3 heteroatoms. The van der Waals surface area contributed by atoms with Gasteiger partial charge in [0.15, 0.2) is 0 Å². The monoisotopic (exact) mass is 288 g/mol. The normalized spacial score (nSPS) is 16.3. The summed E-state index contributed by atoms with van der Waals surface area (Å²) in [5.41, 5.74) is 3.33. The number of hydrogen-bond donors (Lipinski definition) is 1. The third-order valence-electron chi connectivity index (χ3n) is 4.58. The molecule has 21 heavy (non-hydrogen) atoms. The van der Waals surface area contributed by atoms with Crippen molar-refractivity contribution < 1.29 is 4.79 Å². The number of aryl methyl sites for hydroxylation is 1. The van der Waals surface area contributed by atoms with Crippen LogP contribution in [-0.2, 0) is 4.79 Å². The van der Waals surface area contributed by atoms with Crippen molar-refractivity contribution in [3.8, 4) is 0 Å². The highest BCUT2D eigenvalue weighted by atomic mass is 16.2. The zero-order chi connectivity index (χ0) is 15.6. The molecule has 1 fully saturated rings. The Morgan fingerprint density at radius 2 is 2.00 bits per heavy atom. The van der Waals surface area contributed by atoms with Crippen molar-refractivity contribution in [1.29, 1.82) is 0 Å². The van der Waals surface area contributed by atoms with Gasteiger partial charge in [0, 0.05) is 11.7 Å². The molecule has 1 amide bonds. The van der Waals surface area contributed by atoms with Crippen molar-refractivity contribution in [3.05, 3.63) is 29.3 Å². The first-order valence-electron chi connectivity index (χ1n) is 7.99. The Bertz CT molecular complexity index is 506. The third kappa shape index (κ3) is 4.07. The van der Waals surface area contributed by atoms with Gasteiger partial charge in [-0.3, -0.25) is 9.69 Å². The Morgan fingerprint density at radius 1 is 1.33 bits per heavy atom. The van der Waals surface area contributed by atoms with Gasteiger partial charge in [0.2, 0.25) is 5.91 Å². The average molecular weight is 288 g/mol. The van der Waals surface area contributed by atoms with Gasteiger partial charge in [0.25, 0.3) is 0 Å². The first-order valence-corrected chi connectivity index (χ1v) is 7.99. The highest BCUT2D eigenvalue weighted by Gasteiger charge is 2.31. The van der Waals surface area contributed by atoms with Crippen LogP contribution in [0.3, 0.4) is 0 Å². The van der Waals surface area contributed by atoms with Crippen molar-refractivity contribution in [2.24, 2.45) is 5.92 Å². The van der Waals surface area contributed by atoms with E-state index in [0.717, 1.165) is 17.2 Å². The van der Waals surface area contributed by atoms with Gasteiger partial charge < -0.3 is 5.32 Å². The number of nitrogens with zero attached hydrogens (tertiary/aromatic N) is 1. The summed E-state index contributed by atoms with van der Waals surface area (Å²) in [4.78, 5) is 14.5. The van der Waals surface area contributed by atoms with Gasteiger partial charge in [-0.2, -0.15) is 0 Å². The molecule has 0 aliphatic heterocycles. The van der Waals surface area contributed by atoms with E-state index in [-0.39, 0.29) is 5.91 Å². The Kier molecular flexibility index (Phi) is 5.04. The first kappa shape index (κ1) is 16.0. The van der Waals surface area contributed by atoms with Crippen molar-refractivity contribution in [2.75, 3.05) is 18.9 Å². The Morgan fingerprint density at radius 3 is 2.57 bits per heavy atom. The predicted octanol–water partition coefficient (Wildman–Crippen LogP) is 3.79. The van der Waals surface area contributed by atoms with Crippen molar-refractivity contribution in [2.45, 2.75) is 52.5 Å². The number of nitrogens with one attached hydrogen (secondary N) is 1. The standard InChI is InChI=1S/C18H28N2O/c1-12(2)16-8-6-7-13(3)18(16)19-17(21)11-20(5)14(4)15-9-10-15/h6-8,12,14-15H,9-11H2,1-5H3,(H,19,21). The number of likely N-dealkylation sites (N-methyl/N-ethyl adjacent to an activating group) is 1. The molecule has 1 aliphatic rings.